The standard InChI is InChI=1S/C11H10O4/c1-2-14-11(13)10-9-4-3-8(12)5-7(9)6-15-10/h3-6,12H,2H2,1H3. The highest BCUT2D eigenvalue weighted by molar-refractivity contribution is 6.02. The van der Waals surface area contributed by atoms with E-state index in [1.165, 1.54) is 18.4 Å². The van der Waals surface area contributed by atoms with Crippen LogP contribution in [0.25, 0.3) is 10.8 Å². The number of carbonyl (C=O) groups excluding carboxylic acids is 1. The van der Waals surface area contributed by atoms with E-state index in [0.29, 0.717) is 17.4 Å². The van der Waals surface area contributed by atoms with Gasteiger partial charge in [-0.15, -0.1) is 0 Å². The number of hydrogen-bond donors (Lipinski definition) is 1. The van der Waals surface area contributed by atoms with Gasteiger partial charge in [0.25, 0.3) is 0 Å². The Bertz CT molecular complexity index is 498. The molecule has 0 bridgehead atoms. The van der Waals surface area contributed by atoms with Crippen LogP contribution in [0.15, 0.2) is 28.9 Å². The van der Waals surface area contributed by atoms with Crippen LogP contribution in [0.3, 0.4) is 0 Å². The first kappa shape index (κ1) is 9.58. The van der Waals surface area contributed by atoms with E-state index in [-0.39, 0.29) is 11.5 Å². The Balaban J connectivity index is 2.49. The number of ether oxygens (including phenoxy) is 1. The van der Waals surface area contributed by atoms with Gasteiger partial charge in [0.2, 0.25) is 5.76 Å². The Morgan fingerprint density at radius 2 is 2.33 bits per heavy atom. The second-order valence-corrected chi connectivity index (χ2v) is 3.06. The molecule has 1 aromatic carbocycles. The number of furan rings is 1. The molecule has 4 heteroatoms. The fraction of sp³-hybridized carbons (Fsp3) is 0.182. The fourth-order valence-corrected chi connectivity index (χ4v) is 1.40. The van der Waals surface area contributed by atoms with Gasteiger partial charge in [0.1, 0.15) is 5.75 Å². The SMILES string of the molecule is CCOC(=O)c1occ2cc(O)ccc12. The van der Waals surface area contributed by atoms with Crippen molar-refractivity contribution in [3.63, 3.8) is 0 Å². The Morgan fingerprint density at radius 3 is 3.07 bits per heavy atom. The zero-order valence-corrected chi connectivity index (χ0v) is 8.19. The lowest BCUT2D eigenvalue weighted by atomic mass is 10.2. The maximum Gasteiger partial charge on any atom is 0.374 e. The second kappa shape index (κ2) is 3.65. The van der Waals surface area contributed by atoms with E-state index in [4.69, 9.17) is 9.15 Å². The molecule has 0 saturated heterocycles. The van der Waals surface area contributed by atoms with Gasteiger partial charge in [0.05, 0.1) is 12.9 Å². The van der Waals surface area contributed by atoms with Crippen LogP contribution in [0.5, 0.6) is 5.75 Å². The van der Waals surface area contributed by atoms with Crippen LogP contribution in [0.4, 0.5) is 0 Å². The van der Waals surface area contributed by atoms with Crippen LogP contribution in [0.2, 0.25) is 0 Å². The molecule has 15 heavy (non-hydrogen) atoms. The van der Waals surface area contributed by atoms with E-state index in [1.54, 1.807) is 13.0 Å². The smallest absolute Gasteiger partial charge is 0.374 e. The third-order valence-electron chi connectivity index (χ3n) is 2.04. The number of phenols is 1. The lowest BCUT2D eigenvalue weighted by Crippen LogP contribution is -2.03. The number of benzene rings is 1. The molecule has 0 spiro atoms. The van der Waals surface area contributed by atoms with E-state index in [1.807, 2.05) is 0 Å². The summed E-state index contributed by atoms with van der Waals surface area (Å²) in [6.45, 7) is 2.04. The van der Waals surface area contributed by atoms with Crippen LogP contribution in [-0.2, 0) is 4.74 Å². The minimum Gasteiger partial charge on any atom is -0.508 e. The number of esters is 1. The van der Waals surface area contributed by atoms with Gasteiger partial charge < -0.3 is 14.3 Å². The molecule has 0 radical (unpaired) electrons. The first-order valence-electron chi connectivity index (χ1n) is 4.59. The topological polar surface area (TPSA) is 59.7 Å². The molecule has 4 nitrogen and oxygen atoms in total. The van der Waals surface area contributed by atoms with Crippen molar-refractivity contribution in [1.82, 2.24) is 0 Å². The molecular weight excluding hydrogens is 196 g/mol. The molecule has 0 fully saturated rings. The predicted octanol–water partition coefficient (Wildman–Crippen LogP) is 2.32. The number of rotatable bonds is 2. The summed E-state index contributed by atoms with van der Waals surface area (Å²) in [5.74, 6) is -0.177. The highest BCUT2D eigenvalue weighted by atomic mass is 16.5. The molecule has 78 valence electrons. The van der Waals surface area contributed by atoms with Crippen molar-refractivity contribution in [3.05, 3.63) is 30.2 Å². The molecule has 0 aliphatic carbocycles. The second-order valence-electron chi connectivity index (χ2n) is 3.06. The lowest BCUT2D eigenvalue weighted by Gasteiger charge is -1.98. The number of hydrogen-bond acceptors (Lipinski definition) is 4. The lowest BCUT2D eigenvalue weighted by molar-refractivity contribution is 0.0493. The van der Waals surface area contributed by atoms with Crippen molar-refractivity contribution in [2.24, 2.45) is 0 Å². The van der Waals surface area contributed by atoms with Crippen molar-refractivity contribution in [1.29, 1.82) is 0 Å². The summed E-state index contributed by atoms with van der Waals surface area (Å²) < 4.78 is 9.93. The molecule has 0 atom stereocenters. The Labute approximate surface area is 86.1 Å². The van der Waals surface area contributed by atoms with Crippen LogP contribution >= 0.6 is 0 Å². The Hall–Kier alpha value is -1.97. The quantitative estimate of drug-likeness (QED) is 0.766. The molecular formula is C11H10O4. The van der Waals surface area contributed by atoms with Gasteiger partial charge in [-0.2, -0.15) is 0 Å². The van der Waals surface area contributed by atoms with Gasteiger partial charge in [-0.3, -0.25) is 0 Å². The Morgan fingerprint density at radius 1 is 1.53 bits per heavy atom. The molecule has 2 aromatic rings. The van der Waals surface area contributed by atoms with E-state index < -0.39 is 5.97 Å². The fourth-order valence-electron chi connectivity index (χ4n) is 1.40. The molecule has 0 unspecified atom stereocenters. The first-order chi connectivity index (χ1) is 7.22. The third kappa shape index (κ3) is 1.66. The van der Waals surface area contributed by atoms with Crippen molar-refractivity contribution < 1.29 is 19.1 Å². The number of phenolic OH excluding ortho intramolecular Hbond substituents is 1. The zero-order chi connectivity index (χ0) is 10.8. The van der Waals surface area contributed by atoms with Gasteiger partial charge in [0.15, 0.2) is 0 Å². The van der Waals surface area contributed by atoms with Gasteiger partial charge in [0, 0.05) is 10.8 Å². The highest BCUT2D eigenvalue weighted by Gasteiger charge is 2.15. The van der Waals surface area contributed by atoms with E-state index >= 15 is 0 Å². The van der Waals surface area contributed by atoms with Gasteiger partial charge >= 0.3 is 5.97 Å². The normalized spacial score (nSPS) is 10.5. The van der Waals surface area contributed by atoms with Crippen LogP contribution in [-0.4, -0.2) is 17.7 Å². The molecule has 0 aliphatic heterocycles. The van der Waals surface area contributed by atoms with Crippen LogP contribution < -0.4 is 0 Å². The highest BCUT2D eigenvalue weighted by Crippen LogP contribution is 2.25. The maximum atomic E-state index is 11.4. The summed E-state index contributed by atoms with van der Waals surface area (Å²) in [6, 6.07) is 4.66. The monoisotopic (exact) mass is 206 g/mol. The Kier molecular flexibility index (Phi) is 2.33. The molecule has 0 saturated carbocycles. The molecule has 1 aromatic heterocycles. The largest absolute Gasteiger partial charge is 0.508 e. The average molecular weight is 206 g/mol. The molecule has 0 amide bonds. The summed E-state index contributed by atoms with van der Waals surface area (Å²) >= 11 is 0. The van der Waals surface area contributed by atoms with Crippen LogP contribution in [0, 0.1) is 0 Å². The summed E-state index contributed by atoms with van der Waals surface area (Å²) in [7, 11) is 0. The first-order valence-corrected chi connectivity index (χ1v) is 4.59. The van der Waals surface area contributed by atoms with E-state index in [2.05, 4.69) is 0 Å². The zero-order valence-electron chi connectivity index (χ0n) is 8.19. The van der Waals surface area contributed by atoms with Gasteiger partial charge in [-0.05, 0) is 25.1 Å². The van der Waals surface area contributed by atoms with Gasteiger partial charge in [-0.1, -0.05) is 0 Å². The van der Waals surface area contributed by atoms with Crippen molar-refractivity contribution in [2.75, 3.05) is 6.61 Å². The van der Waals surface area contributed by atoms with E-state index in [9.17, 15) is 9.90 Å². The molecule has 1 heterocycles. The molecule has 0 aliphatic rings. The minimum absolute atomic E-state index is 0.138. The number of carbonyl (C=O) groups is 1. The van der Waals surface area contributed by atoms with Gasteiger partial charge in [-0.25, -0.2) is 4.79 Å². The minimum atomic E-state index is -0.488. The van der Waals surface area contributed by atoms with Crippen LogP contribution in [0.1, 0.15) is 17.5 Å². The van der Waals surface area contributed by atoms with Crippen molar-refractivity contribution >= 4 is 16.7 Å². The van der Waals surface area contributed by atoms with Crippen molar-refractivity contribution in [3.8, 4) is 5.75 Å². The molecule has 2 rings (SSSR count). The van der Waals surface area contributed by atoms with E-state index in [0.717, 1.165) is 0 Å². The summed E-state index contributed by atoms with van der Waals surface area (Å²) in [6.07, 6.45) is 1.42. The summed E-state index contributed by atoms with van der Waals surface area (Å²) in [5.41, 5.74) is 0. The maximum absolute atomic E-state index is 11.4. The summed E-state index contributed by atoms with van der Waals surface area (Å²) in [4.78, 5) is 11.4. The predicted molar refractivity (Wildman–Crippen MR) is 53.8 cm³/mol. The number of fused-ring (bicyclic) bond motifs is 1. The van der Waals surface area contributed by atoms with Crippen molar-refractivity contribution in [2.45, 2.75) is 6.92 Å². The average Bonchev–Trinajstić information content (AvgIpc) is 2.60. The summed E-state index contributed by atoms with van der Waals surface area (Å²) in [5, 5.41) is 10.5. The third-order valence-corrected chi connectivity index (χ3v) is 2.04. The number of aromatic hydroxyl groups is 1. The molecule has 1 N–H and O–H groups in total.